The van der Waals surface area contributed by atoms with Gasteiger partial charge in [0.15, 0.2) is 0 Å². The third-order valence-corrected chi connectivity index (χ3v) is 8.24. The van der Waals surface area contributed by atoms with Crippen LogP contribution in [0.25, 0.3) is 0 Å². The van der Waals surface area contributed by atoms with Crippen LogP contribution in [-0.4, -0.2) is 34.8 Å². The van der Waals surface area contributed by atoms with Crippen molar-refractivity contribution in [3.63, 3.8) is 0 Å². The minimum atomic E-state index is -0.708. The van der Waals surface area contributed by atoms with Crippen LogP contribution in [0, 0.1) is 0 Å². The second-order valence-electron chi connectivity index (χ2n) is 7.81. The van der Waals surface area contributed by atoms with Gasteiger partial charge in [-0.15, -0.1) is 0 Å². The van der Waals surface area contributed by atoms with Crippen LogP contribution in [0.1, 0.15) is 19.4 Å². The SMILES string of the molecule is COc1ccc(CN(C=C(Sc2ccccc2)Sc2ccccc2)C(=O)[C@@H](Br)[C@@H](C)OC(C)=O)cc1. The molecule has 36 heavy (non-hydrogen) atoms. The van der Waals surface area contributed by atoms with E-state index < -0.39 is 16.9 Å². The Balaban J connectivity index is 1.96. The highest BCUT2D eigenvalue weighted by molar-refractivity contribution is 9.10. The van der Waals surface area contributed by atoms with Crippen LogP contribution in [0.2, 0.25) is 0 Å². The molecule has 0 aliphatic heterocycles. The lowest BCUT2D eigenvalue weighted by molar-refractivity contribution is -0.147. The number of carbonyl (C=O) groups is 2. The van der Waals surface area contributed by atoms with E-state index in [2.05, 4.69) is 15.9 Å². The number of ether oxygens (including phenoxy) is 2. The number of hydrogen-bond acceptors (Lipinski definition) is 6. The molecule has 0 aliphatic carbocycles. The van der Waals surface area contributed by atoms with E-state index in [1.165, 1.54) is 6.92 Å². The second-order valence-corrected chi connectivity index (χ2v) is 11.3. The molecule has 0 aliphatic rings. The van der Waals surface area contributed by atoms with Crippen LogP contribution < -0.4 is 4.74 Å². The number of benzene rings is 3. The molecule has 2 atom stereocenters. The number of methoxy groups -OCH3 is 1. The standard InChI is InChI=1S/C28H28BrNO4S2/c1-20(34-21(2)31)27(29)28(32)30(18-22-14-16-23(33-3)17-15-22)19-26(35-24-10-6-4-7-11-24)36-25-12-8-5-9-13-25/h4-17,19-20,27H,18H2,1-3H3/t20-,27+/m1/s1. The predicted octanol–water partition coefficient (Wildman–Crippen LogP) is 7.12. The highest BCUT2D eigenvalue weighted by atomic mass is 79.9. The lowest BCUT2D eigenvalue weighted by atomic mass is 10.2. The van der Waals surface area contributed by atoms with E-state index in [4.69, 9.17) is 9.47 Å². The van der Waals surface area contributed by atoms with E-state index in [0.717, 1.165) is 25.3 Å². The Hall–Kier alpha value is -2.68. The average molecular weight is 587 g/mol. The smallest absolute Gasteiger partial charge is 0.302 e. The molecule has 0 fully saturated rings. The van der Waals surface area contributed by atoms with E-state index in [1.807, 2.05) is 91.1 Å². The number of nitrogens with zero attached hydrogens (tertiary/aromatic N) is 1. The zero-order valence-corrected chi connectivity index (χ0v) is 23.5. The Morgan fingerprint density at radius 3 is 1.92 bits per heavy atom. The van der Waals surface area contributed by atoms with Crippen LogP contribution in [0.15, 0.2) is 105 Å². The molecule has 0 saturated heterocycles. The van der Waals surface area contributed by atoms with Gasteiger partial charge in [-0.1, -0.05) is 88.0 Å². The minimum Gasteiger partial charge on any atom is -0.497 e. The first-order chi connectivity index (χ1) is 17.4. The monoisotopic (exact) mass is 585 g/mol. The first kappa shape index (κ1) is 27.9. The van der Waals surface area contributed by atoms with Gasteiger partial charge in [0.2, 0.25) is 5.91 Å². The van der Waals surface area contributed by atoms with Gasteiger partial charge in [-0.25, -0.2) is 0 Å². The lowest BCUT2D eigenvalue weighted by Gasteiger charge is -2.26. The average Bonchev–Trinajstić information content (AvgIpc) is 2.88. The Morgan fingerprint density at radius 1 is 0.917 bits per heavy atom. The van der Waals surface area contributed by atoms with Crippen LogP contribution >= 0.6 is 39.5 Å². The maximum atomic E-state index is 13.6. The Bertz CT molecular complexity index is 1110. The van der Waals surface area contributed by atoms with Gasteiger partial charge in [-0.3, -0.25) is 9.59 Å². The predicted molar refractivity (Wildman–Crippen MR) is 150 cm³/mol. The van der Waals surface area contributed by atoms with Crippen molar-refractivity contribution < 1.29 is 19.1 Å². The van der Waals surface area contributed by atoms with Gasteiger partial charge in [-0.05, 0) is 48.9 Å². The van der Waals surface area contributed by atoms with E-state index >= 15 is 0 Å². The molecule has 1 amide bonds. The number of alkyl halides is 1. The summed E-state index contributed by atoms with van der Waals surface area (Å²) in [5.41, 5.74) is 0.939. The molecule has 0 N–H and O–H groups in total. The first-order valence-electron chi connectivity index (χ1n) is 11.3. The fourth-order valence-corrected chi connectivity index (χ4v) is 5.73. The summed E-state index contributed by atoms with van der Waals surface area (Å²) >= 11 is 6.64. The van der Waals surface area contributed by atoms with Crippen molar-refractivity contribution >= 4 is 51.3 Å². The van der Waals surface area contributed by atoms with Crippen molar-refractivity contribution in [1.29, 1.82) is 0 Å². The van der Waals surface area contributed by atoms with Gasteiger partial charge in [0.05, 0.1) is 17.9 Å². The summed E-state index contributed by atoms with van der Waals surface area (Å²) in [6.45, 7) is 3.37. The summed E-state index contributed by atoms with van der Waals surface area (Å²) in [4.78, 5) is 28.2. The number of halogens is 1. The van der Waals surface area contributed by atoms with Crippen LogP contribution in [-0.2, 0) is 20.9 Å². The molecule has 3 rings (SSSR count). The van der Waals surface area contributed by atoms with E-state index in [-0.39, 0.29) is 5.91 Å². The van der Waals surface area contributed by atoms with Crippen molar-refractivity contribution in [2.45, 2.75) is 41.1 Å². The molecule has 0 spiro atoms. The molecule has 0 bridgehead atoms. The molecule has 0 aromatic heterocycles. The molecule has 8 heteroatoms. The zero-order valence-electron chi connectivity index (χ0n) is 20.3. The van der Waals surface area contributed by atoms with Crippen molar-refractivity contribution in [1.82, 2.24) is 4.90 Å². The lowest BCUT2D eigenvalue weighted by Crippen LogP contribution is -2.39. The summed E-state index contributed by atoms with van der Waals surface area (Å²) in [5.74, 6) is 0.102. The topological polar surface area (TPSA) is 55.8 Å². The summed E-state index contributed by atoms with van der Waals surface area (Å²) in [5, 5.41) is 0. The quantitative estimate of drug-likeness (QED) is 0.136. The molecule has 188 valence electrons. The maximum absolute atomic E-state index is 13.6. The molecular weight excluding hydrogens is 558 g/mol. The van der Waals surface area contributed by atoms with Crippen LogP contribution in [0.4, 0.5) is 0 Å². The Morgan fingerprint density at radius 2 is 1.44 bits per heavy atom. The van der Waals surface area contributed by atoms with Crippen molar-refractivity contribution in [3.8, 4) is 5.75 Å². The van der Waals surface area contributed by atoms with Gasteiger partial charge < -0.3 is 14.4 Å². The van der Waals surface area contributed by atoms with E-state index in [1.54, 1.807) is 42.5 Å². The summed E-state index contributed by atoms with van der Waals surface area (Å²) in [6.07, 6.45) is 1.24. The highest BCUT2D eigenvalue weighted by Gasteiger charge is 2.29. The fourth-order valence-electron chi connectivity index (χ4n) is 3.21. The summed E-state index contributed by atoms with van der Waals surface area (Å²) < 4.78 is 11.5. The molecule has 0 heterocycles. The minimum absolute atomic E-state index is 0.209. The Labute approximate surface area is 229 Å². The summed E-state index contributed by atoms with van der Waals surface area (Å²) in [7, 11) is 1.62. The molecule has 0 unspecified atom stereocenters. The normalized spacial score (nSPS) is 12.2. The maximum Gasteiger partial charge on any atom is 0.302 e. The largest absolute Gasteiger partial charge is 0.497 e. The van der Waals surface area contributed by atoms with Crippen molar-refractivity contribution in [2.75, 3.05) is 7.11 Å². The second kappa shape index (κ2) is 14.2. The molecule has 3 aromatic rings. The number of hydrogen-bond donors (Lipinski definition) is 0. The first-order valence-corrected chi connectivity index (χ1v) is 13.8. The molecular formula is C28H28BrNO4S2. The summed E-state index contributed by atoms with van der Waals surface area (Å²) in [6, 6.07) is 27.7. The fraction of sp³-hybridized carbons (Fsp3) is 0.214. The van der Waals surface area contributed by atoms with E-state index in [9.17, 15) is 9.59 Å². The van der Waals surface area contributed by atoms with Crippen molar-refractivity contribution in [3.05, 3.63) is 101 Å². The number of amides is 1. The third-order valence-electron chi connectivity index (χ3n) is 4.98. The Kier molecular flexibility index (Phi) is 11.0. The molecule has 0 radical (unpaired) electrons. The molecule has 3 aromatic carbocycles. The highest BCUT2D eigenvalue weighted by Crippen LogP contribution is 2.39. The number of carbonyl (C=O) groups excluding carboxylic acids is 2. The number of rotatable bonds is 11. The van der Waals surface area contributed by atoms with E-state index in [0.29, 0.717) is 6.54 Å². The van der Waals surface area contributed by atoms with Crippen LogP contribution in [0.3, 0.4) is 0 Å². The van der Waals surface area contributed by atoms with Gasteiger partial charge in [-0.2, -0.15) is 0 Å². The third kappa shape index (κ3) is 8.76. The van der Waals surface area contributed by atoms with Gasteiger partial charge in [0, 0.05) is 22.9 Å². The molecule has 5 nitrogen and oxygen atoms in total. The van der Waals surface area contributed by atoms with Gasteiger partial charge >= 0.3 is 5.97 Å². The van der Waals surface area contributed by atoms with Gasteiger partial charge in [0.25, 0.3) is 0 Å². The molecule has 0 saturated carbocycles. The van der Waals surface area contributed by atoms with Crippen molar-refractivity contribution in [2.24, 2.45) is 0 Å². The number of esters is 1. The number of thioether (sulfide) groups is 2. The zero-order chi connectivity index (χ0) is 25.9. The van der Waals surface area contributed by atoms with Crippen LogP contribution in [0.5, 0.6) is 5.75 Å². The van der Waals surface area contributed by atoms with Gasteiger partial charge in [0.1, 0.15) is 16.7 Å².